The van der Waals surface area contributed by atoms with E-state index in [1.807, 2.05) is 0 Å². The van der Waals surface area contributed by atoms with E-state index in [-0.39, 0.29) is 5.91 Å². The largest absolute Gasteiger partial charge is 0.375 e. The summed E-state index contributed by atoms with van der Waals surface area (Å²) in [7, 11) is 0. The minimum Gasteiger partial charge on any atom is -0.375 e. The lowest BCUT2D eigenvalue weighted by Crippen LogP contribution is -2.30. The maximum absolute atomic E-state index is 11.2. The highest BCUT2D eigenvalue weighted by Crippen LogP contribution is 2.03. The minimum absolute atomic E-state index is 0.338. The molecule has 1 aromatic heterocycles. The standard InChI is InChI=1S/C13H21N3O2/c1-2-3-4-5-8-18-10-12-7-6-11(9-15-12)13(17)16-14/h6-7,9H,2-5,8,10,14H2,1H3,(H,16,17). The van der Waals surface area contributed by atoms with Crippen LogP contribution >= 0.6 is 0 Å². The summed E-state index contributed by atoms with van der Waals surface area (Å²) in [4.78, 5) is 15.3. The van der Waals surface area contributed by atoms with E-state index >= 15 is 0 Å². The lowest BCUT2D eigenvalue weighted by molar-refractivity contribution is 0.0952. The molecule has 0 saturated heterocycles. The third kappa shape index (κ3) is 5.25. The second-order valence-electron chi connectivity index (χ2n) is 4.12. The topological polar surface area (TPSA) is 77.2 Å². The fourth-order valence-electron chi connectivity index (χ4n) is 1.54. The molecule has 1 heterocycles. The molecule has 0 fully saturated rings. The normalized spacial score (nSPS) is 10.3. The van der Waals surface area contributed by atoms with Gasteiger partial charge in [0.05, 0.1) is 17.9 Å². The molecule has 0 saturated carbocycles. The van der Waals surface area contributed by atoms with Crippen molar-refractivity contribution in [2.45, 2.75) is 39.2 Å². The third-order valence-electron chi connectivity index (χ3n) is 2.61. The molecule has 1 rings (SSSR count). The Morgan fingerprint density at radius 2 is 2.22 bits per heavy atom. The fourth-order valence-corrected chi connectivity index (χ4v) is 1.54. The van der Waals surface area contributed by atoms with Crippen molar-refractivity contribution in [3.63, 3.8) is 0 Å². The quantitative estimate of drug-likeness (QED) is 0.319. The average Bonchev–Trinajstić information content (AvgIpc) is 2.42. The number of aromatic nitrogens is 1. The Morgan fingerprint density at radius 3 is 2.83 bits per heavy atom. The van der Waals surface area contributed by atoms with Crippen LogP contribution in [0.25, 0.3) is 0 Å². The molecule has 1 aromatic rings. The summed E-state index contributed by atoms with van der Waals surface area (Å²) in [5.74, 6) is 4.69. The summed E-state index contributed by atoms with van der Waals surface area (Å²) in [5, 5.41) is 0. The highest BCUT2D eigenvalue weighted by atomic mass is 16.5. The number of nitrogen functional groups attached to an aromatic ring is 1. The molecule has 0 unspecified atom stereocenters. The number of ether oxygens (including phenoxy) is 1. The molecular formula is C13H21N3O2. The maximum Gasteiger partial charge on any atom is 0.266 e. The van der Waals surface area contributed by atoms with Gasteiger partial charge in [-0.25, -0.2) is 5.84 Å². The average molecular weight is 251 g/mol. The Morgan fingerprint density at radius 1 is 1.39 bits per heavy atom. The summed E-state index contributed by atoms with van der Waals surface area (Å²) in [6, 6.07) is 3.46. The van der Waals surface area contributed by atoms with Gasteiger partial charge in [0.25, 0.3) is 5.91 Å². The van der Waals surface area contributed by atoms with Crippen LogP contribution < -0.4 is 11.3 Å². The van der Waals surface area contributed by atoms with Crippen LogP contribution in [0.5, 0.6) is 0 Å². The Balaban J connectivity index is 2.25. The van der Waals surface area contributed by atoms with Crippen molar-refractivity contribution in [2.24, 2.45) is 5.84 Å². The summed E-state index contributed by atoms with van der Waals surface area (Å²) in [5.41, 5.74) is 3.33. The molecule has 0 aliphatic heterocycles. The van der Waals surface area contributed by atoms with Crippen molar-refractivity contribution in [3.8, 4) is 0 Å². The molecule has 5 heteroatoms. The van der Waals surface area contributed by atoms with Gasteiger partial charge in [-0.15, -0.1) is 0 Å². The molecule has 0 aromatic carbocycles. The van der Waals surface area contributed by atoms with Crippen LogP contribution in [0.1, 0.15) is 48.7 Å². The van der Waals surface area contributed by atoms with Crippen LogP contribution in [0.4, 0.5) is 0 Å². The zero-order valence-electron chi connectivity index (χ0n) is 10.8. The van der Waals surface area contributed by atoms with Gasteiger partial charge in [-0.05, 0) is 18.6 Å². The van der Waals surface area contributed by atoms with E-state index in [1.165, 1.54) is 25.5 Å². The number of rotatable bonds is 8. The number of unbranched alkanes of at least 4 members (excludes halogenated alkanes) is 3. The Bertz CT molecular complexity index is 352. The van der Waals surface area contributed by atoms with Crippen molar-refractivity contribution >= 4 is 5.91 Å². The first-order chi connectivity index (χ1) is 8.77. The molecule has 0 aliphatic rings. The van der Waals surface area contributed by atoms with Crippen molar-refractivity contribution in [3.05, 3.63) is 29.6 Å². The molecular weight excluding hydrogens is 230 g/mol. The SMILES string of the molecule is CCCCCCOCc1ccc(C(=O)NN)cn1. The zero-order valence-corrected chi connectivity index (χ0v) is 10.8. The molecule has 100 valence electrons. The van der Waals surface area contributed by atoms with Gasteiger partial charge >= 0.3 is 0 Å². The van der Waals surface area contributed by atoms with Gasteiger partial charge < -0.3 is 4.74 Å². The van der Waals surface area contributed by atoms with Crippen LogP contribution in [-0.2, 0) is 11.3 Å². The summed E-state index contributed by atoms with van der Waals surface area (Å²) in [6.45, 7) is 3.42. The van der Waals surface area contributed by atoms with Crippen LogP contribution in [-0.4, -0.2) is 17.5 Å². The lowest BCUT2D eigenvalue weighted by atomic mass is 10.2. The fraction of sp³-hybridized carbons (Fsp3) is 0.538. The van der Waals surface area contributed by atoms with E-state index in [0.29, 0.717) is 12.2 Å². The second kappa shape index (κ2) is 8.60. The van der Waals surface area contributed by atoms with E-state index < -0.39 is 0 Å². The molecule has 0 bridgehead atoms. The lowest BCUT2D eigenvalue weighted by Gasteiger charge is -2.04. The van der Waals surface area contributed by atoms with Crippen molar-refractivity contribution < 1.29 is 9.53 Å². The van der Waals surface area contributed by atoms with Crippen LogP contribution in [0.15, 0.2) is 18.3 Å². The number of nitrogens with one attached hydrogen (secondary N) is 1. The molecule has 1 amide bonds. The number of hydrazine groups is 1. The first-order valence-electron chi connectivity index (χ1n) is 6.31. The number of amides is 1. The predicted molar refractivity (Wildman–Crippen MR) is 69.7 cm³/mol. The third-order valence-corrected chi connectivity index (χ3v) is 2.61. The van der Waals surface area contributed by atoms with Gasteiger partial charge in [-0.3, -0.25) is 15.2 Å². The number of hydrogen-bond acceptors (Lipinski definition) is 4. The number of hydrogen-bond donors (Lipinski definition) is 2. The number of nitrogens with zero attached hydrogens (tertiary/aromatic N) is 1. The van der Waals surface area contributed by atoms with E-state index in [0.717, 1.165) is 18.7 Å². The Kier molecular flexibility index (Phi) is 6.98. The number of carbonyl (C=O) groups is 1. The number of carbonyl (C=O) groups excluding carboxylic acids is 1. The highest BCUT2D eigenvalue weighted by molar-refractivity contribution is 5.93. The first-order valence-corrected chi connectivity index (χ1v) is 6.31. The first kappa shape index (κ1) is 14.6. The minimum atomic E-state index is -0.338. The van der Waals surface area contributed by atoms with E-state index in [2.05, 4.69) is 17.3 Å². The van der Waals surface area contributed by atoms with Gasteiger partial charge in [0.1, 0.15) is 0 Å². The van der Waals surface area contributed by atoms with Crippen molar-refractivity contribution in [1.82, 2.24) is 10.4 Å². The van der Waals surface area contributed by atoms with Crippen LogP contribution in [0.3, 0.4) is 0 Å². The molecule has 0 aliphatic carbocycles. The molecule has 0 atom stereocenters. The van der Waals surface area contributed by atoms with Gasteiger partial charge in [0.2, 0.25) is 0 Å². The maximum atomic E-state index is 11.2. The zero-order chi connectivity index (χ0) is 13.2. The molecule has 0 radical (unpaired) electrons. The summed E-state index contributed by atoms with van der Waals surface area (Å²) < 4.78 is 5.51. The van der Waals surface area contributed by atoms with E-state index in [4.69, 9.17) is 10.6 Å². The summed E-state index contributed by atoms with van der Waals surface area (Å²) in [6.07, 6.45) is 6.27. The highest BCUT2D eigenvalue weighted by Gasteiger charge is 2.03. The molecule has 3 N–H and O–H groups in total. The van der Waals surface area contributed by atoms with Gasteiger partial charge in [0, 0.05) is 12.8 Å². The second-order valence-corrected chi connectivity index (χ2v) is 4.12. The van der Waals surface area contributed by atoms with E-state index in [1.54, 1.807) is 12.1 Å². The van der Waals surface area contributed by atoms with Crippen LogP contribution in [0, 0.1) is 0 Å². The molecule has 0 spiro atoms. The monoisotopic (exact) mass is 251 g/mol. The molecule has 18 heavy (non-hydrogen) atoms. The van der Waals surface area contributed by atoms with Gasteiger partial charge in [-0.1, -0.05) is 26.2 Å². The van der Waals surface area contributed by atoms with Crippen molar-refractivity contribution in [1.29, 1.82) is 0 Å². The molecule has 5 nitrogen and oxygen atoms in total. The van der Waals surface area contributed by atoms with Gasteiger partial charge in [-0.2, -0.15) is 0 Å². The number of pyridine rings is 1. The Hall–Kier alpha value is -1.46. The van der Waals surface area contributed by atoms with Crippen LogP contribution in [0.2, 0.25) is 0 Å². The van der Waals surface area contributed by atoms with Gasteiger partial charge in [0.15, 0.2) is 0 Å². The Labute approximate surface area is 108 Å². The van der Waals surface area contributed by atoms with Crippen molar-refractivity contribution in [2.75, 3.05) is 6.61 Å². The van der Waals surface area contributed by atoms with E-state index in [9.17, 15) is 4.79 Å². The smallest absolute Gasteiger partial charge is 0.266 e. The summed E-state index contributed by atoms with van der Waals surface area (Å²) >= 11 is 0. The number of nitrogens with two attached hydrogens (primary N) is 1. The predicted octanol–water partition coefficient (Wildman–Crippen LogP) is 1.78.